The molecule has 0 atom stereocenters. The summed E-state index contributed by atoms with van der Waals surface area (Å²) in [7, 11) is 0. The summed E-state index contributed by atoms with van der Waals surface area (Å²) in [4.78, 5) is 15.4. The minimum atomic E-state index is -0.961. The molecule has 4 aromatic rings. The Kier molecular flexibility index (Phi) is 3.67. The van der Waals surface area contributed by atoms with Crippen LogP contribution in [0.25, 0.3) is 28.0 Å². The summed E-state index contributed by atoms with van der Waals surface area (Å²) >= 11 is 0. The molecule has 2 aromatic heterocycles. The highest BCUT2D eigenvalue weighted by Crippen LogP contribution is 2.24. The van der Waals surface area contributed by atoms with E-state index in [1.54, 1.807) is 47.2 Å². The number of hydrogen-bond donors (Lipinski definition) is 1. The van der Waals surface area contributed by atoms with Crippen LogP contribution in [0.1, 0.15) is 15.9 Å². The van der Waals surface area contributed by atoms with Gasteiger partial charge < -0.3 is 5.11 Å². The third-order valence-corrected chi connectivity index (χ3v) is 4.11. The Morgan fingerprint density at radius 2 is 1.81 bits per heavy atom. The number of nitrogens with zero attached hydrogens (tertiary/aromatic N) is 4. The molecule has 0 aliphatic carbocycles. The second kappa shape index (κ2) is 6.15. The van der Waals surface area contributed by atoms with Crippen molar-refractivity contribution in [3.63, 3.8) is 0 Å². The molecule has 2 heterocycles. The van der Waals surface area contributed by atoms with Crippen LogP contribution >= 0.6 is 0 Å². The van der Waals surface area contributed by atoms with Gasteiger partial charge in [-0.2, -0.15) is 10.4 Å². The predicted octanol–water partition coefficient (Wildman–Crippen LogP) is 3.63. The number of hydrogen-bond acceptors (Lipinski definition) is 4. The summed E-state index contributed by atoms with van der Waals surface area (Å²) in [5.41, 5.74) is 4.85. The first kappa shape index (κ1) is 15.5. The Morgan fingerprint density at radius 3 is 2.54 bits per heavy atom. The van der Waals surface area contributed by atoms with Crippen molar-refractivity contribution >= 4 is 11.6 Å². The lowest BCUT2D eigenvalue weighted by Gasteiger charge is -2.05. The van der Waals surface area contributed by atoms with Crippen LogP contribution in [-0.2, 0) is 0 Å². The van der Waals surface area contributed by atoms with Gasteiger partial charge in [-0.05, 0) is 35.9 Å². The maximum absolute atomic E-state index is 11.0. The molecule has 2 aromatic carbocycles. The SMILES string of the molecule is N#Cc1cccc(-c2cnn3c(-c4ccc(C(=O)O)cc4)cnc3c2)c1. The van der Waals surface area contributed by atoms with Crippen LogP contribution < -0.4 is 0 Å². The number of carboxylic acid groups (broad SMARTS) is 1. The fraction of sp³-hybridized carbons (Fsp3) is 0. The lowest BCUT2D eigenvalue weighted by atomic mass is 10.1. The molecule has 6 nitrogen and oxygen atoms in total. The molecular formula is C20H12N4O2. The number of nitriles is 1. The van der Waals surface area contributed by atoms with Gasteiger partial charge >= 0.3 is 5.97 Å². The number of carbonyl (C=O) groups is 1. The van der Waals surface area contributed by atoms with Crippen molar-refractivity contribution in [3.05, 3.63) is 78.1 Å². The zero-order chi connectivity index (χ0) is 18.1. The van der Waals surface area contributed by atoms with Gasteiger partial charge in [0.05, 0.1) is 35.3 Å². The van der Waals surface area contributed by atoms with Gasteiger partial charge in [-0.25, -0.2) is 14.3 Å². The monoisotopic (exact) mass is 340 g/mol. The van der Waals surface area contributed by atoms with E-state index in [2.05, 4.69) is 16.2 Å². The molecule has 1 N–H and O–H groups in total. The van der Waals surface area contributed by atoms with Crippen molar-refractivity contribution in [2.75, 3.05) is 0 Å². The van der Waals surface area contributed by atoms with Crippen LogP contribution in [-0.4, -0.2) is 25.7 Å². The summed E-state index contributed by atoms with van der Waals surface area (Å²) < 4.78 is 1.70. The highest BCUT2D eigenvalue weighted by Gasteiger charge is 2.10. The maximum atomic E-state index is 11.0. The van der Waals surface area contributed by atoms with Crippen molar-refractivity contribution in [2.45, 2.75) is 0 Å². The summed E-state index contributed by atoms with van der Waals surface area (Å²) in [6, 6.07) is 17.9. The third-order valence-electron chi connectivity index (χ3n) is 4.11. The van der Waals surface area contributed by atoms with Gasteiger partial charge in [0.25, 0.3) is 0 Å². The number of carboxylic acids is 1. The smallest absolute Gasteiger partial charge is 0.335 e. The van der Waals surface area contributed by atoms with Crippen molar-refractivity contribution in [1.29, 1.82) is 5.26 Å². The largest absolute Gasteiger partial charge is 0.478 e. The molecule has 4 rings (SSSR count). The van der Waals surface area contributed by atoms with Crippen molar-refractivity contribution in [1.82, 2.24) is 14.6 Å². The molecule has 0 amide bonds. The second-order valence-electron chi connectivity index (χ2n) is 5.73. The number of aromatic carboxylic acids is 1. The average molecular weight is 340 g/mol. The summed E-state index contributed by atoms with van der Waals surface area (Å²) in [6.45, 7) is 0. The van der Waals surface area contributed by atoms with E-state index >= 15 is 0 Å². The Bertz CT molecular complexity index is 1170. The number of benzene rings is 2. The van der Waals surface area contributed by atoms with Gasteiger partial charge in [0.1, 0.15) is 0 Å². The van der Waals surface area contributed by atoms with Gasteiger partial charge in [-0.3, -0.25) is 0 Å². The quantitative estimate of drug-likeness (QED) is 0.615. The van der Waals surface area contributed by atoms with Gasteiger partial charge in [-0.1, -0.05) is 24.3 Å². The van der Waals surface area contributed by atoms with E-state index in [0.717, 1.165) is 22.4 Å². The van der Waals surface area contributed by atoms with Crippen LogP contribution in [0.15, 0.2) is 67.0 Å². The number of rotatable bonds is 3. The van der Waals surface area contributed by atoms with Crippen molar-refractivity contribution in [3.8, 4) is 28.5 Å². The molecule has 0 unspecified atom stereocenters. The van der Waals surface area contributed by atoms with E-state index < -0.39 is 5.97 Å². The molecule has 0 saturated carbocycles. The fourth-order valence-corrected chi connectivity index (χ4v) is 2.78. The Hall–Kier alpha value is -3.98. The molecule has 124 valence electrons. The van der Waals surface area contributed by atoms with Crippen LogP contribution in [0.3, 0.4) is 0 Å². The van der Waals surface area contributed by atoms with Crippen LogP contribution in [0, 0.1) is 11.3 Å². The summed E-state index contributed by atoms with van der Waals surface area (Å²) in [5, 5.41) is 22.5. The number of fused-ring (bicyclic) bond motifs is 1. The third kappa shape index (κ3) is 2.68. The molecule has 0 radical (unpaired) electrons. The first-order valence-corrected chi connectivity index (χ1v) is 7.84. The van der Waals surface area contributed by atoms with E-state index in [4.69, 9.17) is 10.4 Å². The zero-order valence-corrected chi connectivity index (χ0v) is 13.5. The average Bonchev–Trinajstić information content (AvgIpc) is 3.11. The standard InChI is InChI=1S/C20H12N4O2/c21-10-13-2-1-3-16(8-13)17-9-19-22-12-18(24(19)23-11-17)14-4-6-15(7-5-14)20(25)26/h1-9,11-12H,(H,25,26). The Labute approximate surface area is 148 Å². The van der Waals surface area contributed by atoms with Crippen LogP contribution in [0.5, 0.6) is 0 Å². The van der Waals surface area contributed by atoms with Gasteiger partial charge in [0.15, 0.2) is 5.65 Å². The molecule has 26 heavy (non-hydrogen) atoms. The topological polar surface area (TPSA) is 91.3 Å². The summed E-state index contributed by atoms with van der Waals surface area (Å²) in [6.07, 6.45) is 3.42. The molecule has 0 aliphatic rings. The van der Waals surface area contributed by atoms with Gasteiger partial charge in [-0.15, -0.1) is 0 Å². The Balaban J connectivity index is 1.76. The van der Waals surface area contributed by atoms with Gasteiger partial charge in [0.2, 0.25) is 0 Å². The highest BCUT2D eigenvalue weighted by atomic mass is 16.4. The van der Waals surface area contributed by atoms with E-state index in [1.807, 2.05) is 24.3 Å². The van der Waals surface area contributed by atoms with E-state index in [0.29, 0.717) is 11.2 Å². The summed E-state index contributed by atoms with van der Waals surface area (Å²) in [5.74, 6) is -0.961. The van der Waals surface area contributed by atoms with Crippen molar-refractivity contribution < 1.29 is 9.90 Å². The van der Waals surface area contributed by atoms with E-state index in [9.17, 15) is 4.79 Å². The highest BCUT2D eigenvalue weighted by molar-refractivity contribution is 5.88. The molecule has 0 bridgehead atoms. The normalized spacial score (nSPS) is 10.6. The van der Waals surface area contributed by atoms with Crippen LogP contribution in [0.4, 0.5) is 0 Å². The molecular weight excluding hydrogens is 328 g/mol. The van der Waals surface area contributed by atoms with E-state index in [-0.39, 0.29) is 5.56 Å². The molecule has 0 spiro atoms. The maximum Gasteiger partial charge on any atom is 0.335 e. The fourth-order valence-electron chi connectivity index (χ4n) is 2.78. The molecule has 0 saturated heterocycles. The first-order chi connectivity index (χ1) is 12.7. The predicted molar refractivity (Wildman–Crippen MR) is 95.5 cm³/mol. The zero-order valence-electron chi connectivity index (χ0n) is 13.5. The van der Waals surface area contributed by atoms with E-state index in [1.165, 1.54) is 0 Å². The lowest BCUT2D eigenvalue weighted by Crippen LogP contribution is -1.97. The van der Waals surface area contributed by atoms with Crippen LogP contribution in [0.2, 0.25) is 0 Å². The molecule has 0 fully saturated rings. The molecule has 0 aliphatic heterocycles. The molecule has 6 heteroatoms. The minimum absolute atomic E-state index is 0.232. The van der Waals surface area contributed by atoms with Gasteiger partial charge in [0, 0.05) is 11.1 Å². The Morgan fingerprint density at radius 1 is 1.00 bits per heavy atom. The van der Waals surface area contributed by atoms with Crippen molar-refractivity contribution in [2.24, 2.45) is 0 Å². The minimum Gasteiger partial charge on any atom is -0.478 e. The first-order valence-electron chi connectivity index (χ1n) is 7.84. The number of aromatic nitrogens is 3. The lowest BCUT2D eigenvalue weighted by molar-refractivity contribution is 0.0697. The number of imidazole rings is 1. The second-order valence-corrected chi connectivity index (χ2v) is 5.73.